The molecule has 5 heteroatoms. The first kappa shape index (κ1) is 13.3. The maximum atomic E-state index is 9.02. The molecule has 0 fully saturated rings. The highest BCUT2D eigenvalue weighted by atomic mass is 16.6. The second-order valence-corrected chi connectivity index (χ2v) is 4.69. The SMILES string of the molecule is N#Cc1ccncc1NCCc1ccc2c(c1)OCCO2. The summed E-state index contributed by atoms with van der Waals surface area (Å²) in [5, 5.41) is 12.3. The third-order valence-corrected chi connectivity index (χ3v) is 3.28. The van der Waals surface area contributed by atoms with Crippen molar-refractivity contribution in [2.24, 2.45) is 0 Å². The fourth-order valence-corrected chi connectivity index (χ4v) is 2.22. The maximum Gasteiger partial charge on any atom is 0.161 e. The van der Waals surface area contributed by atoms with Gasteiger partial charge in [-0.3, -0.25) is 4.98 Å². The number of nitrogens with one attached hydrogen (secondary N) is 1. The minimum atomic E-state index is 0.593. The molecule has 21 heavy (non-hydrogen) atoms. The smallest absolute Gasteiger partial charge is 0.161 e. The molecule has 2 heterocycles. The van der Waals surface area contributed by atoms with E-state index in [4.69, 9.17) is 14.7 Å². The molecule has 0 spiro atoms. The van der Waals surface area contributed by atoms with Crippen LogP contribution in [0, 0.1) is 11.3 Å². The summed E-state index contributed by atoms with van der Waals surface area (Å²) in [6, 6.07) is 9.82. The van der Waals surface area contributed by atoms with Crippen molar-refractivity contribution in [3.8, 4) is 17.6 Å². The summed E-state index contributed by atoms with van der Waals surface area (Å²) < 4.78 is 11.1. The van der Waals surface area contributed by atoms with Crippen molar-refractivity contribution in [2.75, 3.05) is 25.1 Å². The predicted octanol–water partition coefficient (Wildman–Crippen LogP) is 2.38. The van der Waals surface area contributed by atoms with E-state index in [0.717, 1.165) is 35.7 Å². The zero-order chi connectivity index (χ0) is 14.5. The number of anilines is 1. The van der Waals surface area contributed by atoms with Gasteiger partial charge in [0, 0.05) is 12.7 Å². The zero-order valence-corrected chi connectivity index (χ0v) is 11.5. The van der Waals surface area contributed by atoms with Crippen LogP contribution in [0.15, 0.2) is 36.7 Å². The third kappa shape index (κ3) is 3.06. The van der Waals surface area contributed by atoms with Crippen LogP contribution in [0.25, 0.3) is 0 Å². The average molecular weight is 281 g/mol. The Morgan fingerprint density at radius 3 is 2.90 bits per heavy atom. The lowest BCUT2D eigenvalue weighted by Crippen LogP contribution is -2.15. The van der Waals surface area contributed by atoms with Crippen LogP contribution in [0.4, 0.5) is 5.69 Å². The second-order valence-electron chi connectivity index (χ2n) is 4.69. The van der Waals surface area contributed by atoms with Crippen LogP contribution in [0.1, 0.15) is 11.1 Å². The highest BCUT2D eigenvalue weighted by molar-refractivity contribution is 5.55. The first-order valence-electron chi connectivity index (χ1n) is 6.83. The standard InChI is InChI=1S/C16H15N3O2/c17-10-13-4-5-18-11-14(13)19-6-3-12-1-2-15-16(9-12)21-8-7-20-15/h1-2,4-5,9,11,19H,3,6-8H2. The summed E-state index contributed by atoms with van der Waals surface area (Å²) in [6.07, 6.45) is 4.11. The Labute approximate surface area is 123 Å². The van der Waals surface area contributed by atoms with Gasteiger partial charge in [-0.1, -0.05) is 6.07 Å². The van der Waals surface area contributed by atoms with Gasteiger partial charge in [-0.25, -0.2) is 0 Å². The molecule has 0 aliphatic carbocycles. The van der Waals surface area contributed by atoms with Gasteiger partial charge in [0.15, 0.2) is 11.5 Å². The molecule has 0 atom stereocenters. The van der Waals surface area contributed by atoms with Crippen molar-refractivity contribution in [1.82, 2.24) is 4.98 Å². The first-order chi connectivity index (χ1) is 10.4. The summed E-state index contributed by atoms with van der Waals surface area (Å²) in [4.78, 5) is 4.03. The number of hydrogen-bond acceptors (Lipinski definition) is 5. The maximum absolute atomic E-state index is 9.02. The summed E-state index contributed by atoms with van der Waals surface area (Å²) in [5.41, 5.74) is 2.53. The monoisotopic (exact) mass is 281 g/mol. The van der Waals surface area contributed by atoms with E-state index in [1.807, 2.05) is 18.2 Å². The van der Waals surface area contributed by atoms with Crippen LogP contribution in [0.5, 0.6) is 11.5 Å². The lowest BCUT2D eigenvalue weighted by molar-refractivity contribution is 0.171. The zero-order valence-electron chi connectivity index (χ0n) is 11.5. The highest BCUT2D eigenvalue weighted by Crippen LogP contribution is 2.30. The fraction of sp³-hybridized carbons (Fsp3) is 0.250. The molecule has 106 valence electrons. The van der Waals surface area contributed by atoms with Crippen molar-refractivity contribution in [3.63, 3.8) is 0 Å². The van der Waals surface area contributed by atoms with Gasteiger partial charge < -0.3 is 14.8 Å². The Balaban J connectivity index is 1.62. The molecule has 0 saturated carbocycles. The van der Waals surface area contributed by atoms with E-state index >= 15 is 0 Å². The minimum Gasteiger partial charge on any atom is -0.486 e. The summed E-state index contributed by atoms with van der Waals surface area (Å²) >= 11 is 0. The third-order valence-electron chi connectivity index (χ3n) is 3.28. The number of hydrogen-bond donors (Lipinski definition) is 1. The van der Waals surface area contributed by atoms with E-state index in [-0.39, 0.29) is 0 Å². The largest absolute Gasteiger partial charge is 0.486 e. The van der Waals surface area contributed by atoms with Crippen molar-refractivity contribution in [2.45, 2.75) is 6.42 Å². The van der Waals surface area contributed by atoms with Crippen LogP contribution < -0.4 is 14.8 Å². The average Bonchev–Trinajstić information content (AvgIpc) is 2.55. The molecule has 1 aliphatic rings. The molecular formula is C16H15N3O2. The second kappa shape index (κ2) is 6.14. The molecule has 1 aromatic heterocycles. The lowest BCUT2D eigenvalue weighted by Gasteiger charge is -2.19. The van der Waals surface area contributed by atoms with Crippen molar-refractivity contribution < 1.29 is 9.47 Å². The molecule has 0 unspecified atom stereocenters. The predicted molar refractivity (Wildman–Crippen MR) is 78.6 cm³/mol. The molecule has 2 aromatic rings. The summed E-state index contributed by atoms with van der Waals surface area (Å²) in [7, 11) is 0. The number of pyridine rings is 1. The van der Waals surface area contributed by atoms with Crippen LogP contribution in [-0.4, -0.2) is 24.7 Å². The molecule has 0 amide bonds. The summed E-state index contributed by atoms with van der Waals surface area (Å²) in [5.74, 6) is 1.61. The Kier molecular flexibility index (Phi) is 3.88. The van der Waals surface area contributed by atoms with Crippen molar-refractivity contribution in [1.29, 1.82) is 5.26 Å². The van der Waals surface area contributed by atoms with E-state index in [9.17, 15) is 0 Å². The van der Waals surface area contributed by atoms with E-state index < -0.39 is 0 Å². The number of rotatable bonds is 4. The molecule has 1 aliphatic heterocycles. The summed E-state index contributed by atoms with van der Waals surface area (Å²) in [6.45, 7) is 1.92. The van der Waals surface area contributed by atoms with E-state index in [0.29, 0.717) is 18.8 Å². The van der Waals surface area contributed by atoms with Gasteiger partial charge in [0.05, 0.1) is 17.4 Å². The molecule has 0 bridgehead atoms. The molecule has 1 aromatic carbocycles. The molecular weight excluding hydrogens is 266 g/mol. The van der Waals surface area contributed by atoms with Crippen molar-refractivity contribution >= 4 is 5.69 Å². The number of ether oxygens (including phenoxy) is 2. The molecule has 0 saturated heterocycles. The molecule has 1 N–H and O–H groups in total. The number of nitriles is 1. The van der Waals surface area contributed by atoms with E-state index in [1.54, 1.807) is 18.5 Å². The Hall–Kier alpha value is -2.74. The van der Waals surface area contributed by atoms with Gasteiger partial charge in [-0.05, 0) is 30.2 Å². The quantitative estimate of drug-likeness (QED) is 0.932. The van der Waals surface area contributed by atoms with Gasteiger partial charge in [0.1, 0.15) is 19.3 Å². The van der Waals surface area contributed by atoms with Crippen molar-refractivity contribution in [3.05, 3.63) is 47.8 Å². The Morgan fingerprint density at radius 2 is 2.05 bits per heavy atom. The molecule has 0 radical (unpaired) electrons. The van der Waals surface area contributed by atoms with Gasteiger partial charge in [-0.2, -0.15) is 5.26 Å². The highest BCUT2D eigenvalue weighted by Gasteiger charge is 2.11. The molecule has 3 rings (SSSR count). The Morgan fingerprint density at radius 1 is 1.19 bits per heavy atom. The first-order valence-corrected chi connectivity index (χ1v) is 6.83. The lowest BCUT2D eigenvalue weighted by atomic mass is 10.1. The minimum absolute atomic E-state index is 0.593. The number of aromatic nitrogens is 1. The van der Waals surface area contributed by atoms with Crippen LogP contribution in [0.3, 0.4) is 0 Å². The van der Waals surface area contributed by atoms with E-state index in [1.165, 1.54) is 0 Å². The van der Waals surface area contributed by atoms with Gasteiger partial charge in [0.25, 0.3) is 0 Å². The molecule has 5 nitrogen and oxygen atoms in total. The number of fused-ring (bicyclic) bond motifs is 1. The topological polar surface area (TPSA) is 67.2 Å². The van der Waals surface area contributed by atoms with Crippen LogP contribution in [0.2, 0.25) is 0 Å². The Bertz CT molecular complexity index is 679. The van der Waals surface area contributed by atoms with Gasteiger partial charge in [-0.15, -0.1) is 0 Å². The van der Waals surface area contributed by atoms with E-state index in [2.05, 4.69) is 16.4 Å². The van der Waals surface area contributed by atoms with Gasteiger partial charge >= 0.3 is 0 Å². The van der Waals surface area contributed by atoms with Crippen LogP contribution >= 0.6 is 0 Å². The number of nitrogens with zero attached hydrogens (tertiary/aromatic N) is 2. The van der Waals surface area contributed by atoms with Crippen LogP contribution in [-0.2, 0) is 6.42 Å². The number of benzene rings is 1. The normalized spacial score (nSPS) is 12.5. The fourth-order valence-electron chi connectivity index (χ4n) is 2.22. The van der Waals surface area contributed by atoms with Gasteiger partial charge in [0.2, 0.25) is 0 Å².